The number of aromatic amines is 1. The number of aromatic nitrogens is 2. The van der Waals surface area contributed by atoms with Gasteiger partial charge in [-0.25, -0.2) is 4.98 Å². The van der Waals surface area contributed by atoms with E-state index in [0.717, 1.165) is 11.6 Å². The minimum Gasteiger partial charge on any atom is -0.337 e. The highest BCUT2D eigenvalue weighted by Crippen LogP contribution is 2.18. The van der Waals surface area contributed by atoms with Gasteiger partial charge in [-0.05, 0) is 6.42 Å². The third-order valence-electron chi connectivity index (χ3n) is 1.33. The zero-order valence-corrected chi connectivity index (χ0v) is 8.03. The van der Waals surface area contributed by atoms with Crippen molar-refractivity contribution in [1.29, 1.82) is 0 Å². The van der Waals surface area contributed by atoms with Crippen molar-refractivity contribution in [3.63, 3.8) is 0 Å². The first-order chi connectivity index (χ1) is 5.22. The second-order valence-electron chi connectivity index (χ2n) is 2.73. The highest BCUT2D eigenvalue weighted by Gasteiger charge is 2.01. The van der Waals surface area contributed by atoms with Crippen LogP contribution >= 0.6 is 11.8 Å². The van der Waals surface area contributed by atoms with E-state index in [4.69, 9.17) is 0 Å². The normalized spacial score (nSPS) is 10.9. The zero-order valence-electron chi connectivity index (χ0n) is 7.22. The molecule has 0 saturated heterocycles. The molecule has 3 heteroatoms. The Balaban J connectivity index is 2.58. The maximum atomic E-state index is 4.23. The summed E-state index contributed by atoms with van der Waals surface area (Å²) in [6.45, 7) is 6.45. The highest BCUT2D eigenvalue weighted by atomic mass is 32.2. The van der Waals surface area contributed by atoms with E-state index in [1.54, 1.807) is 11.8 Å². The number of nitrogens with zero attached hydrogens (tertiary/aromatic N) is 1. The summed E-state index contributed by atoms with van der Waals surface area (Å²) in [4.78, 5) is 7.48. The van der Waals surface area contributed by atoms with Crippen LogP contribution in [0, 0.1) is 0 Å². The summed E-state index contributed by atoms with van der Waals surface area (Å²) in [7, 11) is 0. The first kappa shape index (κ1) is 8.65. The number of nitrogens with one attached hydrogen (secondary N) is 1. The molecule has 62 valence electrons. The molecule has 1 rings (SSSR count). The lowest BCUT2D eigenvalue weighted by molar-refractivity contribution is 0.982. The summed E-state index contributed by atoms with van der Waals surface area (Å²) in [6, 6.07) is 0. The van der Waals surface area contributed by atoms with Crippen molar-refractivity contribution in [3.05, 3.63) is 11.9 Å². The number of hydrogen-bond donors (Lipinski definition) is 1. The SMILES string of the molecule is CCc1cnc(SC(C)C)[nH]1. The number of hydrogen-bond acceptors (Lipinski definition) is 2. The molecule has 1 aromatic heterocycles. The molecule has 1 aromatic rings. The number of H-pyrrole nitrogens is 1. The van der Waals surface area contributed by atoms with E-state index in [9.17, 15) is 0 Å². The third kappa shape index (κ3) is 2.58. The van der Waals surface area contributed by atoms with Gasteiger partial charge in [-0.2, -0.15) is 0 Å². The Morgan fingerprint density at radius 3 is 2.82 bits per heavy atom. The molecule has 0 radical (unpaired) electrons. The zero-order chi connectivity index (χ0) is 8.27. The fourth-order valence-electron chi connectivity index (χ4n) is 0.801. The van der Waals surface area contributed by atoms with Crippen LogP contribution in [0.2, 0.25) is 0 Å². The molecule has 0 aliphatic heterocycles. The minimum absolute atomic E-state index is 0.603. The average Bonchev–Trinajstić information content (AvgIpc) is 2.34. The summed E-state index contributed by atoms with van der Waals surface area (Å²) in [6.07, 6.45) is 2.94. The molecule has 0 saturated carbocycles. The van der Waals surface area contributed by atoms with Crippen LogP contribution in [0.3, 0.4) is 0 Å². The van der Waals surface area contributed by atoms with Crippen molar-refractivity contribution in [2.45, 2.75) is 37.6 Å². The van der Waals surface area contributed by atoms with Gasteiger partial charge in [0, 0.05) is 17.1 Å². The molecule has 0 unspecified atom stereocenters. The molecule has 0 spiro atoms. The molecule has 0 aliphatic rings. The van der Waals surface area contributed by atoms with Gasteiger partial charge in [0.2, 0.25) is 0 Å². The van der Waals surface area contributed by atoms with E-state index < -0.39 is 0 Å². The fourth-order valence-corrected chi connectivity index (χ4v) is 1.55. The van der Waals surface area contributed by atoms with E-state index in [1.165, 1.54) is 5.69 Å². The second kappa shape index (κ2) is 3.81. The average molecular weight is 170 g/mol. The number of aryl methyl sites for hydroxylation is 1. The Hall–Kier alpha value is -0.440. The number of thioether (sulfide) groups is 1. The van der Waals surface area contributed by atoms with Crippen LogP contribution in [0.25, 0.3) is 0 Å². The molecule has 0 fully saturated rings. The molecule has 0 amide bonds. The quantitative estimate of drug-likeness (QED) is 0.706. The Kier molecular flexibility index (Phi) is 3.00. The van der Waals surface area contributed by atoms with Gasteiger partial charge >= 0.3 is 0 Å². The van der Waals surface area contributed by atoms with Gasteiger partial charge < -0.3 is 4.98 Å². The van der Waals surface area contributed by atoms with Crippen LogP contribution in [0.1, 0.15) is 26.5 Å². The van der Waals surface area contributed by atoms with Crippen molar-refractivity contribution < 1.29 is 0 Å². The van der Waals surface area contributed by atoms with Crippen molar-refractivity contribution in [1.82, 2.24) is 9.97 Å². The fraction of sp³-hybridized carbons (Fsp3) is 0.625. The first-order valence-electron chi connectivity index (χ1n) is 3.93. The van der Waals surface area contributed by atoms with Crippen molar-refractivity contribution in [3.8, 4) is 0 Å². The third-order valence-corrected chi connectivity index (χ3v) is 2.24. The van der Waals surface area contributed by atoms with Crippen LogP contribution < -0.4 is 0 Å². The molecule has 1 heterocycles. The maximum absolute atomic E-state index is 4.23. The van der Waals surface area contributed by atoms with Gasteiger partial charge in [-0.15, -0.1) is 0 Å². The van der Waals surface area contributed by atoms with Crippen molar-refractivity contribution in [2.75, 3.05) is 0 Å². The van der Waals surface area contributed by atoms with E-state index in [0.29, 0.717) is 5.25 Å². The van der Waals surface area contributed by atoms with Crippen LogP contribution in [0.4, 0.5) is 0 Å². The van der Waals surface area contributed by atoms with E-state index in [-0.39, 0.29) is 0 Å². The molecule has 0 atom stereocenters. The minimum atomic E-state index is 0.603. The molecule has 0 bridgehead atoms. The topological polar surface area (TPSA) is 28.7 Å². The van der Waals surface area contributed by atoms with Crippen LogP contribution in [-0.2, 0) is 6.42 Å². The Morgan fingerprint density at radius 2 is 2.36 bits per heavy atom. The maximum Gasteiger partial charge on any atom is 0.165 e. The Morgan fingerprint density at radius 1 is 1.64 bits per heavy atom. The van der Waals surface area contributed by atoms with Crippen LogP contribution in [0.5, 0.6) is 0 Å². The van der Waals surface area contributed by atoms with Gasteiger partial charge in [0.05, 0.1) is 0 Å². The molecular weight excluding hydrogens is 156 g/mol. The van der Waals surface area contributed by atoms with E-state index in [2.05, 4.69) is 30.7 Å². The van der Waals surface area contributed by atoms with E-state index in [1.807, 2.05) is 6.20 Å². The van der Waals surface area contributed by atoms with Gasteiger partial charge in [0.25, 0.3) is 0 Å². The van der Waals surface area contributed by atoms with Gasteiger partial charge in [-0.3, -0.25) is 0 Å². The van der Waals surface area contributed by atoms with Crippen molar-refractivity contribution in [2.24, 2.45) is 0 Å². The standard InChI is InChI=1S/C8H14N2S/c1-4-7-5-9-8(10-7)11-6(2)3/h5-6H,4H2,1-3H3,(H,9,10). The second-order valence-corrected chi connectivity index (χ2v) is 4.30. The summed E-state index contributed by atoms with van der Waals surface area (Å²) in [5.41, 5.74) is 1.22. The lowest BCUT2D eigenvalue weighted by Crippen LogP contribution is -1.87. The largest absolute Gasteiger partial charge is 0.337 e. The highest BCUT2D eigenvalue weighted by molar-refractivity contribution is 7.99. The van der Waals surface area contributed by atoms with Gasteiger partial charge in [-0.1, -0.05) is 32.5 Å². The van der Waals surface area contributed by atoms with E-state index >= 15 is 0 Å². The van der Waals surface area contributed by atoms with Crippen LogP contribution in [-0.4, -0.2) is 15.2 Å². The first-order valence-corrected chi connectivity index (χ1v) is 4.81. The molecule has 1 N–H and O–H groups in total. The summed E-state index contributed by atoms with van der Waals surface area (Å²) >= 11 is 1.77. The monoisotopic (exact) mass is 170 g/mol. The summed E-state index contributed by atoms with van der Waals surface area (Å²) in [5.74, 6) is 0. The van der Waals surface area contributed by atoms with Crippen LogP contribution in [0.15, 0.2) is 11.4 Å². The Labute approximate surface area is 71.8 Å². The molecule has 0 aromatic carbocycles. The lowest BCUT2D eigenvalue weighted by Gasteiger charge is -1.98. The number of imidazole rings is 1. The van der Waals surface area contributed by atoms with Gasteiger partial charge in [0.15, 0.2) is 5.16 Å². The molecule has 0 aliphatic carbocycles. The molecule has 2 nitrogen and oxygen atoms in total. The molecule has 11 heavy (non-hydrogen) atoms. The lowest BCUT2D eigenvalue weighted by atomic mass is 10.4. The summed E-state index contributed by atoms with van der Waals surface area (Å²) < 4.78 is 0. The predicted octanol–water partition coefficient (Wildman–Crippen LogP) is 2.47. The predicted molar refractivity (Wildman–Crippen MR) is 49.0 cm³/mol. The number of rotatable bonds is 3. The molecular formula is C8H14N2S. The van der Waals surface area contributed by atoms with Crippen molar-refractivity contribution >= 4 is 11.8 Å². The summed E-state index contributed by atoms with van der Waals surface area (Å²) in [5, 5.41) is 1.64. The smallest absolute Gasteiger partial charge is 0.165 e. The Bertz CT molecular complexity index is 218. The van der Waals surface area contributed by atoms with Gasteiger partial charge in [0.1, 0.15) is 0 Å².